The van der Waals surface area contributed by atoms with Gasteiger partial charge in [-0.2, -0.15) is 0 Å². The third-order valence-electron chi connectivity index (χ3n) is 3.79. The van der Waals surface area contributed by atoms with Crippen molar-refractivity contribution in [2.45, 2.75) is 17.9 Å². The van der Waals surface area contributed by atoms with Crippen LogP contribution >= 0.6 is 0 Å². The van der Waals surface area contributed by atoms with Gasteiger partial charge in [-0.3, -0.25) is 0 Å². The predicted octanol–water partition coefficient (Wildman–Crippen LogP) is 2.73. The highest BCUT2D eigenvalue weighted by molar-refractivity contribution is 7.93. The molecule has 3 rings (SSSR count). The van der Waals surface area contributed by atoms with Crippen LogP contribution in [0.5, 0.6) is 5.75 Å². The normalized spacial score (nSPS) is 17.0. The van der Waals surface area contributed by atoms with Crippen molar-refractivity contribution in [1.82, 2.24) is 0 Å². The Bertz CT molecular complexity index is 923. The number of nitrogens with zero attached hydrogens (tertiary/aromatic N) is 1. The fraction of sp³-hybridized carbons (Fsp3) is 0.176. The summed E-state index contributed by atoms with van der Waals surface area (Å²) in [6.45, 7) is 1.68. The third kappa shape index (κ3) is 2.55. The summed E-state index contributed by atoms with van der Waals surface area (Å²) in [7, 11) is -2.64. The minimum Gasteiger partial charge on any atom is -0.497 e. The molecule has 5 nitrogen and oxygen atoms in total. The molecule has 1 aliphatic heterocycles. The van der Waals surface area contributed by atoms with Crippen molar-refractivity contribution in [3.8, 4) is 5.75 Å². The lowest BCUT2D eigenvalue weighted by atomic mass is 10.1. The van der Waals surface area contributed by atoms with Crippen molar-refractivity contribution in [3.63, 3.8) is 0 Å². The average molecular weight is 348 g/mol. The second-order valence-corrected chi connectivity index (χ2v) is 7.21. The maximum atomic E-state index is 14.2. The molecule has 1 aliphatic rings. The molecule has 0 amide bonds. The van der Waals surface area contributed by atoms with E-state index in [1.165, 1.54) is 13.2 Å². The van der Waals surface area contributed by atoms with Gasteiger partial charge >= 0.3 is 0 Å². The van der Waals surface area contributed by atoms with Gasteiger partial charge in [0.15, 0.2) is 0 Å². The van der Waals surface area contributed by atoms with Crippen LogP contribution in [0.15, 0.2) is 53.1 Å². The number of benzene rings is 2. The van der Waals surface area contributed by atoms with E-state index in [4.69, 9.17) is 10.5 Å². The Morgan fingerprint density at radius 1 is 1.21 bits per heavy atom. The van der Waals surface area contributed by atoms with Gasteiger partial charge in [-0.1, -0.05) is 18.2 Å². The predicted molar refractivity (Wildman–Crippen MR) is 90.7 cm³/mol. The number of anilines is 1. The summed E-state index contributed by atoms with van der Waals surface area (Å²) >= 11 is 0. The molecule has 2 N–H and O–H groups in total. The van der Waals surface area contributed by atoms with E-state index in [9.17, 15) is 12.8 Å². The number of rotatable bonds is 3. The molecule has 0 aliphatic carbocycles. The van der Waals surface area contributed by atoms with Crippen LogP contribution in [0.4, 0.5) is 10.1 Å². The van der Waals surface area contributed by atoms with Crippen molar-refractivity contribution in [1.29, 1.82) is 0 Å². The zero-order valence-electron chi connectivity index (χ0n) is 13.2. The lowest BCUT2D eigenvalue weighted by Gasteiger charge is -2.33. The highest BCUT2D eigenvalue weighted by Gasteiger charge is 2.37. The highest BCUT2D eigenvalue weighted by atomic mass is 32.2. The van der Waals surface area contributed by atoms with Gasteiger partial charge in [-0.25, -0.2) is 17.1 Å². The summed E-state index contributed by atoms with van der Waals surface area (Å²) in [6.07, 6.45) is 1.60. The van der Waals surface area contributed by atoms with Crippen LogP contribution in [-0.2, 0) is 10.0 Å². The molecule has 2 aromatic carbocycles. The molecular formula is C17H17FN2O3S. The van der Waals surface area contributed by atoms with Gasteiger partial charge in [0, 0.05) is 12.1 Å². The summed E-state index contributed by atoms with van der Waals surface area (Å²) in [5, 5.41) is 0. The maximum Gasteiger partial charge on any atom is 0.271 e. The van der Waals surface area contributed by atoms with Gasteiger partial charge in [0.2, 0.25) is 0 Å². The second-order valence-electron chi connectivity index (χ2n) is 5.49. The number of hydrogen-bond donors (Lipinski definition) is 1. The Kier molecular flexibility index (Phi) is 4.06. The van der Waals surface area contributed by atoms with Crippen molar-refractivity contribution >= 4 is 21.8 Å². The SMILES string of the molecule is COc1cccc(N2C([C@H](C)N)=Cc3cccc(F)c3S2(=O)=O)c1. The van der Waals surface area contributed by atoms with E-state index in [0.717, 1.165) is 10.4 Å². The number of methoxy groups -OCH3 is 1. The first-order valence-electron chi connectivity index (χ1n) is 7.31. The fourth-order valence-corrected chi connectivity index (χ4v) is 4.51. The maximum absolute atomic E-state index is 14.2. The first kappa shape index (κ1) is 16.5. The zero-order chi connectivity index (χ0) is 17.5. The molecule has 0 aromatic heterocycles. The number of sulfonamides is 1. The third-order valence-corrected chi connectivity index (χ3v) is 5.64. The second kappa shape index (κ2) is 5.92. The van der Waals surface area contributed by atoms with Crippen LogP contribution in [0.3, 0.4) is 0 Å². The van der Waals surface area contributed by atoms with Crippen LogP contribution in [0.2, 0.25) is 0 Å². The van der Waals surface area contributed by atoms with Crippen LogP contribution in [0.25, 0.3) is 6.08 Å². The molecule has 7 heteroatoms. The van der Waals surface area contributed by atoms with Crippen LogP contribution in [0, 0.1) is 5.82 Å². The van der Waals surface area contributed by atoms with Gasteiger partial charge in [-0.15, -0.1) is 0 Å². The number of nitrogens with two attached hydrogens (primary N) is 1. The number of hydrogen-bond acceptors (Lipinski definition) is 4. The Hall–Kier alpha value is -2.38. The summed E-state index contributed by atoms with van der Waals surface area (Å²) in [4.78, 5) is -0.350. The van der Waals surface area contributed by atoms with Crippen molar-refractivity contribution in [2.24, 2.45) is 5.73 Å². The largest absolute Gasteiger partial charge is 0.497 e. The Labute approximate surface area is 140 Å². The molecule has 2 aromatic rings. The molecule has 0 saturated heterocycles. The molecule has 0 fully saturated rings. The van der Waals surface area contributed by atoms with Gasteiger partial charge in [0.05, 0.1) is 18.5 Å². The zero-order valence-corrected chi connectivity index (χ0v) is 14.0. The number of ether oxygens (including phenoxy) is 1. The van der Waals surface area contributed by atoms with Crippen molar-refractivity contribution < 1.29 is 17.5 Å². The molecule has 0 spiro atoms. The summed E-state index contributed by atoms with van der Waals surface area (Å²) in [6, 6.07) is 10.1. The van der Waals surface area contributed by atoms with E-state index >= 15 is 0 Å². The van der Waals surface area contributed by atoms with Crippen molar-refractivity contribution in [3.05, 3.63) is 59.5 Å². The Morgan fingerprint density at radius 2 is 1.92 bits per heavy atom. The highest BCUT2D eigenvalue weighted by Crippen LogP contribution is 2.38. The minimum atomic E-state index is -4.13. The monoisotopic (exact) mass is 348 g/mol. The number of fused-ring (bicyclic) bond motifs is 1. The average Bonchev–Trinajstić information content (AvgIpc) is 2.53. The molecule has 0 bridgehead atoms. The van der Waals surface area contributed by atoms with Crippen LogP contribution in [0.1, 0.15) is 12.5 Å². The lowest BCUT2D eigenvalue weighted by molar-refractivity contribution is 0.415. The summed E-state index contributed by atoms with van der Waals surface area (Å²) < 4.78 is 46.6. The molecular weight excluding hydrogens is 331 g/mol. The minimum absolute atomic E-state index is 0.293. The summed E-state index contributed by atoms with van der Waals surface area (Å²) in [5.41, 5.74) is 6.98. The molecule has 24 heavy (non-hydrogen) atoms. The topological polar surface area (TPSA) is 72.6 Å². The van der Waals surface area contributed by atoms with E-state index in [1.807, 2.05) is 0 Å². The van der Waals surface area contributed by atoms with E-state index in [1.54, 1.807) is 43.3 Å². The van der Waals surface area contributed by atoms with Gasteiger partial charge in [0.25, 0.3) is 10.0 Å². The smallest absolute Gasteiger partial charge is 0.271 e. The van der Waals surface area contributed by atoms with Gasteiger partial charge in [-0.05, 0) is 36.8 Å². The fourth-order valence-electron chi connectivity index (χ4n) is 2.70. The Morgan fingerprint density at radius 3 is 2.58 bits per heavy atom. The van der Waals surface area contributed by atoms with E-state index in [-0.39, 0.29) is 4.90 Å². The molecule has 0 saturated carbocycles. The molecule has 0 radical (unpaired) electrons. The van der Waals surface area contributed by atoms with Gasteiger partial charge < -0.3 is 10.5 Å². The molecule has 0 unspecified atom stereocenters. The van der Waals surface area contributed by atoms with E-state index < -0.39 is 21.9 Å². The van der Waals surface area contributed by atoms with Gasteiger partial charge in [0.1, 0.15) is 16.5 Å². The standard InChI is InChI=1S/C17H17FN2O3S/c1-11(19)16-9-12-5-3-8-15(18)17(12)24(21,22)20(16)13-6-4-7-14(10-13)23-2/h3-11H,19H2,1-2H3/t11-/m0/s1. The lowest BCUT2D eigenvalue weighted by Crippen LogP contribution is -2.40. The molecule has 126 valence electrons. The molecule has 1 atom stereocenters. The van der Waals surface area contributed by atoms with E-state index in [0.29, 0.717) is 22.7 Å². The quantitative estimate of drug-likeness (QED) is 0.926. The summed E-state index contributed by atoms with van der Waals surface area (Å²) in [5.74, 6) is -0.300. The van der Waals surface area contributed by atoms with Crippen LogP contribution < -0.4 is 14.8 Å². The Balaban J connectivity index is 2.30. The first-order chi connectivity index (χ1) is 11.4. The molecule has 1 heterocycles. The first-order valence-corrected chi connectivity index (χ1v) is 8.75. The number of halogens is 1. The van der Waals surface area contributed by atoms with Crippen LogP contribution in [-0.4, -0.2) is 21.6 Å². The van der Waals surface area contributed by atoms with E-state index in [2.05, 4.69) is 0 Å². The van der Waals surface area contributed by atoms with Crippen molar-refractivity contribution in [2.75, 3.05) is 11.4 Å².